The maximum atomic E-state index is 12.7. The van der Waals surface area contributed by atoms with Gasteiger partial charge in [0.2, 0.25) is 5.91 Å². The highest BCUT2D eigenvalue weighted by Gasteiger charge is 2.22. The normalized spacial score (nSPS) is 16.2. The molecule has 1 saturated heterocycles. The van der Waals surface area contributed by atoms with Gasteiger partial charge >= 0.3 is 6.03 Å². The summed E-state index contributed by atoms with van der Waals surface area (Å²) in [5.41, 5.74) is 2.80. The first-order chi connectivity index (χ1) is 15.0. The molecule has 0 bridgehead atoms. The van der Waals surface area contributed by atoms with Gasteiger partial charge in [-0.2, -0.15) is 0 Å². The summed E-state index contributed by atoms with van der Waals surface area (Å²) in [6.07, 6.45) is 5.34. The molecular formula is C25H31N3O3. The molecule has 164 valence electrons. The summed E-state index contributed by atoms with van der Waals surface area (Å²) in [4.78, 5) is 26.7. The third-order valence-electron chi connectivity index (χ3n) is 5.32. The van der Waals surface area contributed by atoms with Crippen molar-refractivity contribution in [2.24, 2.45) is 5.92 Å². The first-order valence-corrected chi connectivity index (χ1v) is 10.9. The van der Waals surface area contributed by atoms with E-state index in [9.17, 15) is 9.59 Å². The van der Waals surface area contributed by atoms with Crippen molar-refractivity contribution in [1.29, 1.82) is 0 Å². The molecule has 3 amide bonds. The number of hydrogen-bond donors (Lipinski definition) is 2. The number of anilines is 1. The fourth-order valence-corrected chi connectivity index (χ4v) is 3.65. The maximum Gasteiger partial charge on any atom is 0.319 e. The molecule has 1 fully saturated rings. The Morgan fingerprint density at radius 3 is 2.71 bits per heavy atom. The third kappa shape index (κ3) is 6.88. The first kappa shape index (κ1) is 22.4. The second-order valence-electron chi connectivity index (χ2n) is 7.80. The number of likely N-dealkylation sites (tertiary alicyclic amines) is 1. The lowest BCUT2D eigenvalue weighted by atomic mass is 9.98. The van der Waals surface area contributed by atoms with Gasteiger partial charge in [0.15, 0.2) is 0 Å². The zero-order valence-corrected chi connectivity index (χ0v) is 18.3. The van der Waals surface area contributed by atoms with E-state index in [4.69, 9.17) is 4.74 Å². The predicted molar refractivity (Wildman–Crippen MR) is 124 cm³/mol. The van der Waals surface area contributed by atoms with Crippen LogP contribution in [0.25, 0.3) is 6.08 Å². The second-order valence-corrected chi connectivity index (χ2v) is 7.80. The van der Waals surface area contributed by atoms with Crippen molar-refractivity contribution in [2.75, 3.05) is 31.6 Å². The van der Waals surface area contributed by atoms with E-state index in [1.54, 1.807) is 6.08 Å². The zero-order chi connectivity index (χ0) is 22.1. The van der Waals surface area contributed by atoms with Crippen LogP contribution in [0.4, 0.5) is 10.5 Å². The summed E-state index contributed by atoms with van der Waals surface area (Å²) < 4.78 is 5.61. The van der Waals surface area contributed by atoms with E-state index >= 15 is 0 Å². The lowest BCUT2D eigenvalue weighted by molar-refractivity contribution is -0.127. The van der Waals surface area contributed by atoms with Crippen LogP contribution in [0.15, 0.2) is 54.6 Å². The SMILES string of the molecule is CCOc1ccccc1/C=C/C(=O)N1CCCC(CNC(=O)Nc2ccc(C)cc2)C1. The molecule has 0 aromatic heterocycles. The molecule has 6 heteroatoms. The number of urea groups is 1. The molecule has 1 atom stereocenters. The van der Waals surface area contributed by atoms with Crippen LogP contribution in [0.2, 0.25) is 0 Å². The zero-order valence-electron chi connectivity index (χ0n) is 18.3. The highest BCUT2D eigenvalue weighted by molar-refractivity contribution is 5.92. The molecule has 2 aromatic carbocycles. The Kier molecular flexibility index (Phi) is 8.10. The van der Waals surface area contributed by atoms with Gasteiger partial charge in [-0.15, -0.1) is 0 Å². The lowest BCUT2D eigenvalue weighted by Gasteiger charge is -2.32. The summed E-state index contributed by atoms with van der Waals surface area (Å²) in [6.45, 7) is 6.44. The largest absolute Gasteiger partial charge is 0.493 e. The molecule has 3 rings (SSSR count). The Balaban J connectivity index is 1.49. The maximum absolute atomic E-state index is 12.7. The summed E-state index contributed by atoms with van der Waals surface area (Å²) in [6, 6.07) is 15.1. The van der Waals surface area contributed by atoms with Crippen LogP contribution in [-0.2, 0) is 4.79 Å². The van der Waals surface area contributed by atoms with Gasteiger partial charge in [0.1, 0.15) is 5.75 Å². The van der Waals surface area contributed by atoms with E-state index in [1.165, 1.54) is 0 Å². The van der Waals surface area contributed by atoms with Gasteiger partial charge in [0, 0.05) is 37.0 Å². The van der Waals surface area contributed by atoms with Crippen LogP contribution in [0.5, 0.6) is 5.75 Å². The molecule has 1 unspecified atom stereocenters. The molecule has 2 aromatic rings. The van der Waals surface area contributed by atoms with Gasteiger partial charge < -0.3 is 20.3 Å². The van der Waals surface area contributed by atoms with Crippen LogP contribution in [0.3, 0.4) is 0 Å². The molecule has 0 aliphatic carbocycles. The van der Waals surface area contributed by atoms with Crippen LogP contribution in [-0.4, -0.2) is 43.1 Å². The number of hydrogen-bond acceptors (Lipinski definition) is 3. The fourth-order valence-electron chi connectivity index (χ4n) is 3.65. The van der Waals surface area contributed by atoms with Crippen molar-refractivity contribution in [3.63, 3.8) is 0 Å². The molecule has 1 aliphatic rings. The van der Waals surface area contributed by atoms with Crippen LogP contribution in [0, 0.1) is 12.8 Å². The van der Waals surface area contributed by atoms with Gasteiger partial charge in [-0.05, 0) is 56.9 Å². The minimum absolute atomic E-state index is 0.0138. The Morgan fingerprint density at radius 2 is 1.94 bits per heavy atom. The van der Waals surface area contributed by atoms with Crippen LogP contribution >= 0.6 is 0 Å². The van der Waals surface area contributed by atoms with E-state index < -0.39 is 0 Å². The van der Waals surface area contributed by atoms with Crippen molar-refractivity contribution in [2.45, 2.75) is 26.7 Å². The highest BCUT2D eigenvalue weighted by atomic mass is 16.5. The van der Waals surface area contributed by atoms with Crippen molar-refractivity contribution in [3.8, 4) is 5.75 Å². The van der Waals surface area contributed by atoms with E-state index in [2.05, 4.69) is 10.6 Å². The van der Waals surface area contributed by atoms with Crippen LogP contribution in [0.1, 0.15) is 30.9 Å². The van der Waals surface area contributed by atoms with E-state index in [0.29, 0.717) is 19.7 Å². The summed E-state index contributed by atoms with van der Waals surface area (Å²) >= 11 is 0. The molecule has 1 heterocycles. The molecule has 31 heavy (non-hydrogen) atoms. The number of ether oxygens (including phenoxy) is 1. The average molecular weight is 422 g/mol. The van der Waals surface area contributed by atoms with Gasteiger partial charge in [0.05, 0.1) is 6.61 Å². The number of piperidine rings is 1. The molecule has 2 N–H and O–H groups in total. The Bertz CT molecular complexity index is 908. The van der Waals surface area contributed by atoms with E-state index in [1.807, 2.05) is 73.4 Å². The smallest absolute Gasteiger partial charge is 0.319 e. The minimum atomic E-state index is -0.222. The van der Waals surface area contributed by atoms with Gasteiger partial charge in [-0.1, -0.05) is 35.9 Å². The summed E-state index contributed by atoms with van der Waals surface area (Å²) in [5, 5.41) is 5.77. The first-order valence-electron chi connectivity index (χ1n) is 10.9. The highest BCUT2D eigenvalue weighted by Crippen LogP contribution is 2.20. The van der Waals surface area contributed by atoms with Crippen molar-refractivity contribution < 1.29 is 14.3 Å². The number of aryl methyl sites for hydroxylation is 1. The summed E-state index contributed by atoms with van der Waals surface area (Å²) in [5.74, 6) is 1.00. The fraction of sp³-hybridized carbons (Fsp3) is 0.360. The number of benzene rings is 2. The van der Waals surface area contributed by atoms with E-state index in [0.717, 1.165) is 42.0 Å². The molecular weight excluding hydrogens is 390 g/mol. The lowest BCUT2D eigenvalue weighted by Crippen LogP contribution is -2.43. The number of amides is 3. The number of nitrogens with zero attached hydrogens (tertiary/aromatic N) is 1. The van der Waals surface area contributed by atoms with Gasteiger partial charge in [-0.3, -0.25) is 4.79 Å². The number of nitrogens with one attached hydrogen (secondary N) is 2. The monoisotopic (exact) mass is 421 g/mol. The van der Waals surface area contributed by atoms with Gasteiger partial charge in [0.25, 0.3) is 0 Å². The quantitative estimate of drug-likeness (QED) is 0.648. The van der Waals surface area contributed by atoms with Crippen molar-refractivity contribution >= 4 is 23.7 Å². The van der Waals surface area contributed by atoms with Gasteiger partial charge in [-0.25, -0.2) is 4.79 Å². The summed E-state index contributed by atoms with van der Waals surface area (Å²) in [7, 11) is 0. The Morgan fingerprint density at radius 1 is 1.16 bits per heavy atom. The minimum Gasteiger partial charge on any atom is -0.493 e. The number of rotatable bonds is 7. The second kappa shape index (κ2) is 11.2. The molecule has 6 nitrogen and oxygen atoms in total. The average Bonchev–Trinajstić information content (AvgIpc) is 2.79. The Labute approximate surface area is 184 Å². The van der Waals surface area contributed by atoms with Crippen LogP contribution < -0.4 is 15.4 Å². The molecule has 0 spiro atoms. The van der Waals surface area contributed by atoms with Crippen molar-refractivity contribution in [3.05, 3.63) is 65.7 Å². The standard InChI is InChI=1S/C25H31N3O3/c1-3-31-23-9-5-4-8-21(23)12-15-24(29)28-16-6-7-20(18-28)17-26-25(30)27-22-13-10-19(2)11-14-22/h4-5,8-15,20H,3,6-7,16-18H2,1-2H3,(H2,26,27,30)/b15-12+. The molecule has 0 radical (unpaired) electrons. The number of carbonyl (C=O) groups is 2. The van der Waals surface area contributed by atoms with E-state index in [-0.39, 0.29) is 17.9 Å². The third-order valence-corrected chi connectivity index (χ3v) is 5.32. The number of carbonyl (C=O) groups excluding carboxylic acids is 2. The Hall–Kier alpha value is -3.28. The topological polar surface area (TPSA) is 70.7 Å². The molecule has 0 saturated carbocycles. The number of para-hydroxylation sites is 1. The molecule has 1 aliphatic heterocycles. The predicted octanol–water partition coefficient (Wildman–Crippen LogP) is 4.47. The van der Waals surface area contributed by atoms with Crippen molar-refractivity contribution in [1.82, 2.24) is 10.2 Å².